The molecule has 0 spiro atoms. The minimum Gasteiger partial charge on any atom is -0.372 e. The summed E-state index contributed by atoms with van der Waals surface area (Å²) < 4.78 is 40.4. The molecule has 0 bridgehead atoms. The Hall–Kier alpha value is -0.700. The Kier molecular flexibility index (Phi) is 6.58. The van der Waals surface area contributed by atoms with Crippen molar-refractivity contribution in [2.45, 2.75) is 51.2 Å². The molecule has 0 saturated carbocycles. The molecule has 0 aliphatic rings. The summed E-state index contributed by atoms with van der Waals surface area (Å²) >= 11 is 1.54. The molecule has 1 aromatic rings. The monoisotopic (exact) mass is 325 g/mol. The number of nitrogens with one attached hydrogen (secondary N) is 1. The van der Waals surface area contributed by atoms with Crippen LogP contribution in [0.15, 0.2) is 5.38 Å². The predicted octanol–water partition coefficient (Wildman–Crippen LogP) is 2.78. The van der Waals surface area contributed by atoms with Gasteiger partial charge in [-0.3, -0.25) is 11.3 Å². The first-order chi connectivity index (χ1) is 9.62. The fraction of sp³-hybridized carbons (Fsp3) is 0.769. The number of alkyl halides is 3. The number of rotatable bonds is 7. The van der Waals surface area contributed by atoms with Crippen LogP contribution in [0.3, 0.4) is 0 Å². The third kappa shape index (κ3) is 7.21. The summed E-state index contributed by atoms with van der Waals surface area (Å²) in [5, 5.41) is 2.92. The molecular formula is C13H22F3N3OS. The number of hydrazine groups is 1. The Labute approximate surface area is 126 Å². The highest BCUT2D eigenvalue weighted by atomic mass is 32.1. The van der Waals surface area contributed by atoms with Gasteiger partial charge in [0.05, 0.1) is 10.7 Å². The van der Waals surface area contributed by atoms with Gasteiger partial charge in [0.2, 0.25) is 0 Å². The normalized spacial score (nSPS) is 14.4. The standard InChI is InChI=1S/C13H22F3N3OS/c1-12(2,3)10-7-21-11(18-10)6-9(19-17)4-5-20-8-13(14,15)16/h7,9,19H,4-6,8,17H2,1-3H3. The van der Waals surface area contributed by atoms with Crippen LogP contribution in [0.25, 0.3) is 0 Å². The van der Waals surface area contributed by atoms with E-state index in [1.807, 2.05) is 5.38 Å². The van der Waals surface area contributed by atoms with Crippen molar-refractivity contribution in [1.82, 2.24) is 10.4 Å². The molecule has 0 saturated heterocycles. The second kappa shape index (κ2) is 7.53. The molecule has 122 valence electrons. The molecule has 0 amide bonds. The van der Waals surface area contributed by atoms with Crippen LogP contribution < -0.4 is 11.3 Å². The number of aromatic nitrogens is 1. The topological polar surface area (TPSA) is 60.2 Å². The van der Waals surface area contributed by atoms with Gasteiger partial charge in [0.25, 0.3) is 0 Å². The van der Waals surface area contributed by atoms with Crippen molar-refractivity contribution in [3.05, 3.63) is 16.1 Å². The molecular weight excluding hydrogens is 303 g/mol. The lowest BCUT2D eigenvalue weighted by atomic mass is 9.93. The molecule has 1 rings (SSSR count). The van der Waals surface area contributed by atoms with Crippen LogP contribution in [-0.2, 0) is 16.6 Å². The van der Waals surface area contributed by atoms with E-state index in [9.17, 15) is 13.2 Å². The molecule has 1 unspecified atom stereocenters. The molecule has 0 aliphatic carbocycles. The van der Waals surface area contributed by atoms with Crippen molar-refractivity contribution in [3.63, 3.8) is 0 Å². The zero-order valence-corrected chi connectivity index (χ0v) is 13.3. The zero-order chi connectivity index (χ0) is 16.1. The van der Waals surface area contributed by atoms with Crippen LogP contribution in [-0.4, -0.2) is 30.4 Å². The predicted molar refractivity (Wildman–Crippen MR) is 77.1 cm³/mol. The van der Waals surface area contributed by atoms with Crippen molar-refractivity contribution in [2.24, 2.45) is 5.84 Å². The largest absolute Gasteiger partial charge is 0.411 e. The average Bonchev–Trinajstić information content (AvgIpc) is 2.80. The van der Waals surface area contributed by atoms with E-state index in [1.165, 1.54) is 11.3 Å². The van der Waals surface area contributed by atoms with E-state index < -0.39 is 12.8 Å². The molecule has 8 heteroatoms. The van der Waals surface area contributed by atoms with Crippen molar-refractivity contribution < 1.29 is 17.9 Å². The van der Waals surface area contributed by atoms with Gasteiger partial charge in [-0.15, -0.1) is 11.3 Å². The molecule has 1 heterocycles. The van der Waals surface area contributed by atoms with E-state index in [2.05, 4.69) is 35.9 Å². The smallest absolute Gasteiger partial charge is 0.372 e. The average molecular weight is 325 g/mol. The molecule has 4 nitrogen and oxygen atoms in total. The van der Waals surface area contributed by atoms with Gasteiger partial charge < -0.3 is 4.74 Å². The maximum Gasteiger partial charge on any atom is 0.411 e. The number of hydrogen-bond donors (Lipinski definition) is 2. The Bertz CT molecular complexity index is 429. The molecule has 0 aromatic carbocycles. The van der Waals surface area contributed by atoms with Crippen LogP contribution in [0.2, 0.25) is 0 Å². The van der Waals surface area contributed by atoms with Crippen LogP contribution in [0.4, 0.5) is 13.2 Å². The third-order valence-corrected chi connectivity index (χ3v) is 3.72. The maximum atomic E-state index is 11.9. The minimum absolute atomic E-state index is 0.00583. The van der Waals surface area contributed by atoms with Gasteiger partial charge in [0.15, 0.2) is 0 Å². The highest BCUT2D eigenvalue weighted by Crippen LogP contribution is 2.24. The van der Waals surface area contributed by atoms with Gasteiger partial charge in [-0.1, -0.05) is 20.8 Å². The SMILES string of the molecule is CC(C)(C)c1csc(CC(CCOCC(F)(F)F)NN)n1. The Morgan fingerprint density at radius 2 is 2.05 bits per heavy atom. The second-order valence-electron chi connectivity index (χ2n) is 5.90. The first-order valence-electron chi connectivity index (χ1n) is 6.67. The van der Waals surface area contributed by atoms with E-state index in [4.69, 9.17) is 5.84 Å². The van der Waals surface area contributed by atoms with E-state index in [-0.39, 0.29) is 18.1 Å². The molecule has 1 aromatic heterocycles. The minimum atomic E-state index is -4.29. The number of hydrogen-bond acceptors (Lipinski definition) is 5. The lowest BCUT2D eigenvalue weighted by Gasteiger charge is -2.16. The summed E-state index contributed by atoms with van der Waals surface area (Å²) in [6.07, 6.45) is -3.31. The molecule has 0 aliphatic heterocycles. The number of nitrogens with two attached hydrogens (primary N) is 1. The van der Waals surface area contributed by atoms with E-state index in [0.717, 1.165) is 10.7 Å². The van der Waals surface area contributed by atoms with Crippen LogP contribution >= 0.6 is 11.3 Å². The van der Waals surface area contributed by atoms with Gasteiger partial charge in [-0.25, -0.2) is 4.98 Å². The van der Waals surface area contributed by atoms with Gasteiger partial charge in [0, 0.05) is 29.9 Å². The summed E-state index contributed by atoms with van der Waals surface area (Å²) in [5.41, 5.74) is 3.59. The van der Waals surface area contributed by atoms with E-state index in [0.29, 0.717) is 12.8 Å². The van der Waals surface area contributed by atoms with Gasteiger partial charge in [-0.05, 0) is 6.42 Å². The number of ether oxygens (including phenoxy) is 1. The lowest BCUT2D eigenvalue weighted by molar-refractivity contribution is -0.174. The van der Waals surface area contributed by atoms with Crippen molar-refractivity contribution in [2.75, 3.05) is 13.2 Å². The number of halogens is 3. The Morgan fingerprint density at radius 1 is 1.38 bits per heavy atom. The highest BCUT2D eigenvalue weighted by molar-refractivity contribution is 7.09. The molecule has 0 fully saturated rings. The van der Waals surface area contributed by atoms with Gasteiger partial charge >= 0.3 is 6.18 Å². The fourth-order valence-corrected chi connectivity index (χ4v) is 2.72. The van der Waals surface area contributed by atoms with Crippen LogP contribution in [0.1, 0.15) is 37.9 Å². The van der Waals surface area contributed by atoms with Crippen molar-refractivity contribution in [3.8, 4) is 0 Å². The Morgan fingerprint density at radius 3 is 2.52 bits per heavy atom. The summed E-state index contributed by atoms with van der Waals surface area (Å²) in [5.74, 6) is 5.43. The molecule has 0 radical (unpaired) electrons. The summed E-state index contributed by atoms with van der Waals surface area (Å²) in [7, 11) is 0. The van der Waals surface area contributed by atoms with Gasteiger partial charge in [0.1, 0.15) is 6.61 Å². The number of nitrogens with zero attached hydrogens (tertiary/aromatic N) is 1. The van der Waals surface area contributed by atoms with Crippen LogP contribution in [0, 0.1) is 0 Å². The molecule has 21 heavy (non-hydrogen) atoms. The second-order valence-corrected chi connectivity index (χ2v) is 6.84. The lowest BCUT2D eigenvalue weighted by Crippen LogP contribution is -2.38. The van der Waals surface area contributed by atoms with Crippen molar-refractivity contribution in [1.29, 1.82) is 0 Å². The third-order valence-electron chi connectivity index (χ3n) is 2.85. The highest BCUT2D eigenvalue weighted by Gasteiger charge is 2.27. The molecule has 3 N–H and O–H groups in total. The van der Waals surface area contributed by atoms with Gasteiger partial charge in [-0.2, -0.15) is 13.2 Å². The fourth-order valence-electron chi connectivity index (χ4n) is 1.62. The summed E-state index contributed by atoms with van der Waals surface area (Å²) in [6.45, 7) is 5.02. The van der Waals surface area contributed by atoms with E-state index >= 15 is 0 Å². The molecule has 1 atom stereocenters. The van der Waals surface area contributed by atoms with E-state index in [1.54, 1.807) is 0 Å². The summed E-state index contributed by atoms with van der Waals surface area (Å²) in [4.78, 5) is 4.54. The first-order valence-corrected chi connectivity index (χ1v) is 7.55. The van der Waals surface area contributed by atoms with Crippen LogP contribution in [0.5, 0.6) is 0 Å². The Balaban J connectivity index is 2.42. The first kappa shape index (κ1) is 18.3. The quantitative estimate of drug-likeness (QED) is 0.460. The van der Waals surface area contributed by atoms with Crippen molar-refractivity contribution >= 4 is 11.3 Å². The number of thiazole rings is 1. The zero-order valence-electron chi connectivity index (χ0n) is 12.5. The summed E-state index contributed by atoms with van der Waals surface area (Å²) in [6, 6.07) is -0.155. The maximum absolute atomic E-state index is 11.9.